The summed E-state index contributed by atoms with van der Waals surface area (Å²) in [6.07, 6.45) is 0. The molecule has 0 atom stereocenters. The molecule has 152 valence electrons. The summed E-state index contributed by atoms with van der Waals surface area (Å²) in [6, 6.07) is 19.9. The van der Waals surface area contributed by atoms with E-state index in [4.69, 9.17) is 4.42 Å². The second-order valence-electron chi connectivity index (χ2n) is 9.51. The van der Waals surface area contributed by atoms with Crippen LogP contribution in [0.4, 0.5) is 0 Å². The predicted molar refractivity (Wildman–Crippen MR) is 126 cm³/mol. The van der Waals surface area contributed by atoms with Gasteiger partial charge in [0.15, 0.2) is 0 Å². The minimum atomic E-state index is 0. The molecule has 0 aliphatic heterocycles. The number of aryl methyl sites for hydroxylation is 1. The number of hydrogen-bond donors (Lipinski definition) is 0. The molecule has 4 aromatic carbocycles. The van der Waals surface area contributed by atoms with E-state index in [0.29, 0.717) is 0 Å². The Morgan fingerprint density at radius 3 is 2.17 bits per heavy atom. The van der Waals surface area contributed by atoms with Crippen molar-refractivity contribution < 1.29 is 25.5 Å². The Hall–Kier alpha value is -2.24. The van der Waals surface area contributed by atoms with Gasteiger partial charge in [0.05, 0.1) is 0 Å². The van der Waals surface area contributed by atoms with Gasteiger partial charge in [0.2, 0.25) is 0 Å². The first-order valence-corrected chi connectivity index (χ1v) is 10.4. The van der Waals surface area contributed by atoms with E-state index in [1.807, 2.05) is 0 Å². The van der Waals surface area contributed by atoms with Crippen LogP contribution in [0.5, 0.6) is 0 Å². The third-order valence-electron chi connectivity index (χ3n) is 6.15. The molecular formula is C28H27OW-. The molecule has 0 saturated heterocycles. The summed E-state index contributed by atoms with van der Waals surface area (Å²) in [5.74, 6) is 1.35. The average Bonchev–Trinajstić information content (AvgIpc) is 3.03. The van der Waals surface area contributed by atoms with Crippen LogP contribution in [0, 0.1) is 12.8 Å². The van der Waals surface area contributed by atoms with Crippen LogP contribution in [0.3, 0.4) is 0 Å². The van der Waals surface area contributed by atoms with Crippen molar-refractivity contribution in [2.24, 2.45) is 0 Å². The van der Waals surface area contributed by atoms with Crippen molar-refractivity contribution in [3.63, 3.8) is 0 Å². The largest absolute Gasteiger partial charge is 0.458 e. The zero-order valence-corrected chi connectivity index (χ0v) is 21.4. The van der Waals surface area contributed by atoms with E-state index in [9.17, 15) is 0 Å². The molecule has 2 heteroatoms. The van der Waals surface area contributed by atoms with Crippen LogP contribution < -0.4 is 0 Å². The smallest absolute Gasteiger partial charge is 0.134 e. The number of hydrogen-bond acceptors (Lipinski definition) is 1. The maximum atomic E-state index is 6.46. The molecule has 1 heterocycles. The normalized spacial score (nSPS) is 12.1. The first kappa shape index (κ1) is 21.0. The molecule has 5 aromatic rings. The molecule has 5 rings (SSSR count). The van der Waals surface area contributed by atoms with Crippen molar-refractivity contribution in [3.05, 3.63) is 77.2 Å². The van der Waals surface area contributed by atoms with Gasteiger partial charge in [0.25, 0.3) is 0 Å². The van der Waals surface area contributed by atoms with Gasteiger partial charge in [0, 0.05) is 26.5 Å². The summed E-state index contributed by atoms with van der Waals surface area (Å²) in [4.78, 5) is 0. The topological polar surface area (TPSA) is 13.1 Å². The van der Waals surface area contributed by atoms with Crippen LogP contribution in [0.2, 0.25) is 0 Å². The molecule has 1 nitrogen and oxygen atoms in total. The Morgan fingerprint density at radius 1 is 0.767 bits per heavy atom. The van der Waals surface area contributed by atoms with Gasteiger partial charge >= 0.3 is 0 Å². The zero-order valence-electron chi connectivity index (χ0n) is 18.5. The van der Waals surface area contributed by atoms with Gasteiger partial charge < -0.3 is 4.42 Å². The Balaban J connectivity index is 0.00000218. The summed E-state index contributed by atoms with van der Waals surface area (Å²) in [6.45, 7) is 13.5. The third-order valence-corrected chi connectivity index (χ3v) is 6.15. The fourth-order valence-corrected chi connectivity index (χ4v) is 4.93. The van der Waals surface area contributed by atoms with Crippen LogP contribution in [0.1, 0.15) is 51.3 Å². The fraction of sp³-hybridized carbons (Fsp3) is 0.250. The van der Waals surface area contributed by atoms with Crippen LogP contribution in [0.15, 0.2) is 59.0 Å². The SMILES string of the molecule is Cc1c(C(C)(C)C)c([C-](C)C)cc2c1oc1cc3ccc4ccccc4c3cc12.[W]. The maximum absolute atomic E-state index is 6.46. The molecule has 30 heavy (non-hydrogen) atoms. The van der Waals surface area contributed by atoms with Gasteiger partial charge in [-0.25, -0.2) is 0 Å². The first-order chi connectivity index (χ1) is 13.8. The minimum absolute atomic E-state index is 0. The quantitative estimate of drug-likeness (QED) is 0.147. The van der Waals surface area contributed by atoms with E-state index in [-0.39, 0.29) is 26.5 Å². The first-order valence-electron chi connectivity index (χ1n) is 10.4. The zero-order chi connectivity index (χ0) is 20.5. The molecule has 0 aliphatic rings. The van der Waals surface area contributed by atoms with Crippen molar-refractivity contribution in [1.82, 2.24) is 0 Å². The molecule has 0 bridgehead atoms. The second-order valence-corrected chi connectivity index (χ2v) is 9.51. The summed E-state index contributed by atoms with van der Waals surface area (Å²) in [5.41, 5.74) is 6.05. The van der Waals surface area contributed by atoms with Crippen molar-refractivity contribution in [3.8, 4) is 0 Å². The predicted octanol–water partition coefficient (Wildman–Crippen LogP) is 8.46. The molecule has 0 saturated carbocycles. The Bertz CT molecular complexity index is 1410. The van der Waals surface area contributed by atoms with Crippen molar-refractivity contribution in [2.45, 2.75) is 47.0 Å². The van der Waals surface area contributed by atoms with Gasteiger partial charge in [0.1, 0.15) is 11.2 Å². The molecule has 0 amide bonds. The van der Waals surface area contributed by atoms with Crippen molar-refractivity contribution in [2.75, 3.05) is 0 Å². The van der Waals surface area contributed by atoms with E-state index < -0.39 is 0 Å². The number of rotatable bonds is 1. The number of fused-ring (bicyclic) bond motifs is 6. The van der Waals surface area contributed by atoms with E-state index in [2.05, 4.69) is 96.1 Å². The van der Waals surface area contributed by atoms with Crippen LogP contribution >= 0.6 is 0 Å². The van der Waals surface area contributed by atoms with Crippen molar-refractivity contribution in [1.29, 1.82) is 0 Å². The van der Waals surface area contributed by atoms with Gasteiger partial charge in [-0.2, -0.15) is 17.5 Å². The van der Waals surface area contributed by atoms with Crippen LogP contribution in [0.25, 0.3) is 43.5 Å². The molecule has 0 spiro atoms. The molecule has 0 radical (unpaired) electrons. The molecule has 0 fully saturated rings. The average molecular weight is 563 g/mol. The molecule has 0 aliphatic carbocycles. The van der Waals surface area contributed by atoms with Crippen molar-refractivity contribution >= 4 is 43.5 Å². The third kappa shape index (κ3) is 3.07. The maximum Gasteiger partial charge on any atom is 0.134 e. The van der Waals surface area contributed by atoms with Gasteiger partial charge in [-0.05, 0) is 46.0 Å². The monoisotopic (exact) mass is 563 g/mol. The fourth-order valence-electron chi connectivity index (χ4n) is 4.93. The molecule has 0 unspecified atom stereocenters. The standard InChI is InChI=1S/C28H27O.W/c1-16(2)21-14-24-23-15-22-19(12-11-18-9-7-8-10-20(18)22)13-25(23)29-27(24)17(3)26(21)28(4,5)6;/h7-15H,1-6H3;/q-1;. The Morgan fingerprint density at radius 2 is 1.47 bits per heavy atom. The summed E-state index contributed by atoms with van der Waals surface area (Å²) in [5, 5.41) is 7.50. The van der Waals surface area contributed by atoms with E-state index >= 15 is 0 Å². The molecule has 1 aromatic heterocycles. The summed E-state index contributed by atoms with van der Waals surface area (Å²) < 4.78 is 6.46. The Kier molecular flexibility index (Phi) is 5.02. The minimum Gasteiger partial charge on any atom is -0.458 e. The molecule has 0 N–H and O–H groups in total. The summed E-state index contributed by atoms with van der Waals surface area (Å²) in [7, 11) is 0. The van der Waals surface area contributed by atoms with Gasteiger partial charge in [-0.3, -0.25) is 0 Å². The van der Waals surface area contributed by atoms with E-state index in [1.54, 1.807) is 0 Å². The van der Waals surface area contributed by atoms with Crippen LogP contribution in [-0.4, -0.2) is 0 Å². The number of benzene rings is 4. The molecular weight excluding hydrogens is 536 g/mol. The number of furan rings is 1. The second kappa shape index (κ2) is 7.17. The summed E-state index contributed by atoms with van der Waals surface area (Å²) >= 11 is 0. The van der Waals surface area contributed by atoms with Gasteiger partial charge in [-0.1, -0.05) is 82.0 Å². The van der Waals surface area contributed by atoms with E-state index in [1.165, 1.54) is 54.9 Å². The van der Waals surface area contributed by atoms with Gasteiger partial charge in [-0.15, -0.1) is 5.56 Å². The van der Waals surface area contributed by atoms with E-state index in [0.717, 1.165) is 11.2 Å². The Labute approximate surface area is 192 Å². The van der Waals surface area contributed by atoms with Crippen LogP contribution in [-0.2, 0) is 26.5 Å².